The van der Waals surface area contributed by atoms with Crippen molar-refractivity contribution in [1.82, 2.24) is 10.6 Å². The van der Waals surface area contributed by atoms with E-state index in [4.69, 9.17) is 9.47 Å². The minimum Gasteiger partial charge on any atom is -0.486 e. The van der Waals surface area contributed by atoms with Crippen molar-refractivity contribution in [2.45, 2.75) is 50.5 Å². The average Bonchev–Trinajstić information content (AvgIpc) is 3.16. The molecule has 4 atom stereocenters. The summed E-state index contributed by atoms with van der Waals surface area (Å²) in [6.45, 7) is 2.43. The first-order valence-electron chi connectivity index (χ1n) is 8.19. The Morgan fingerprint density at radius 3 is 2.83 bits per heavy atom. The van der Waals surface area contributed by atoms with Gasteiger partial charge in [0.15, 0.2) is 17.5 Å². The van der Waals surface area contributed by atoms with E-state index in [1.807, 2.05) is 6.92 Å². The maximum atomic E-state index is 13.6. The van der Waals surface area contributed by atoms with Crippen molar-refractivity contribution in [1.29, 1.82) is 0 Å². The lowest BCUT2D eigenvalue weighted by Crippen LogP contribution is -2.49. The van der Waals surface area contributed by atoms with Gasteiger partial charge in [0.05, 0.1) is 24.8 Å². The Morgan fingerprint density at radius 2 is 2.21 bits per heavy atom. The average molecular weight is 449 g/mol. The molecule has 2 aliphatic heterocycles. The third kappa shape index (κ3) is 4.72. The first kappa shape index (κ1) is 19.2. The van der Waals surface area contributed by atoms with Crippen LogP contribution in [-0.4, -0.2) is 43.9 Å². The monoisotopic (exact) mass is 449 g/mol. The zero-order chi connectivity index (χ0) is 16.2. The smallest absolute Gasteiger partial charge is 0.191 e. The van der Waals surface area contributed by atoms with Crippen LogP contribution < -0.4 is 15.4 Å². The summed E-state index contributed by atoms with van der Waals surface area (Å²) in [6, 6.07) is 6.75. The number of halogens is 2. The van der Waals surface area contributed by atoms with E-state index >= 15 is 0 Å². The molecule has 2 bridgehead atoms. The van der Waals surface area contributed by atoms with Crippen LogP contribution in [0.5, 0.6) is 5.75 Å². The molecule has 2 fully saturated rings. The van der Waals surface area contributed by atoms with Crippen molar-refractivity contribution in [3.05, 3.63) is 30.1 Å². The Bertz CT molecular complexity index is 573. The number of benzene rings is 1. The number of fused-ring (bicyclic) bond motifs is 2. The summed E-state index contributed by atoms with van der Waals surface area (Å²) in [4.78, 5) is 4.24. The quantitative estimate of drug-likeness (QED) is 0.413. The fourth-order valence-corrected chi connectivity index (χ4v) is 3.20. The highest BCUT2D eigenvalue weighted by Crippen LogP contribution is 2.34. The number of para-hydroxylation sites is 1. The Balaban J connectivity index is 0.00000208. The molecular weight excluding hydrogens is 424 g/mol. The van der Waals surface area contributed by atoms with Crippen LogP contribution in [0.2, 0.25) is 0 Å². The molecule has 1 aromatic rings. The first-order chi connectivity index (χ1) is 11.2. The van der Waals surface area contributed by atoms with Crippen LogP contribution in [0.15, 0.2) is 29.3 Å². The number of nitrogens with zero attached hydrogens (tertiary/aromatic N) is 1. The third-order valence-electron chi connectivity index (χ3n) is 4.37. The molecule has 0 radical (unpaired) electrons. The second kappa shape index (κ2) is 8.84. The molecule has 24 heavy (non-hydrogen) atoms. The SMILES string of the molecule is CN=C(NCC(C)Oc1ccccc1F)NC1CC2CCC1O2.I. The molecule has 2 N–H and O–H groups in total. The number of guanidine groups is 1. The van der Waals surface area contributed by atoms with E-state index in [2.05, 4.69) is 15.6 Å². The molecule has 1 aromatic carbocycles. The molecule has 0 spiro atoms. The second-order valence-corrected chi connectivity index (χ2v) is 6.17. The number of hydrogen-bond acceptors (Lipinski definition) is 3. The van der Waals surface area contributed by atoms with E-state index < -0.39 is 0 Å². The zero-order valence-electron chi connectivity index (χ0n) is 14.0. The summed E-state index contributed by atoms with van der Waals surface area (Å²) < 4.78 is 25.0. The molecule has 4 unspecified atom stereocenters. The molecule has 3 rings (SSSR count). The Hall–Kier alpha value is -1.09. The zero-order valence-corrected chi connectivity index (χ0v) is 16.3. The van der Waals surface area contributed by atoms with E-state index in [0.29, 0.717) is 24.8 Å². The van der Waals surface area contributed by atoms with Gasteiger partial charge in [0.1, 0.15) is 6.10 Å². The minimum atomic E-state index is -0.346. The lowest BCUT2D eigenvalue weighted by Gasteiger charge is -2.23. The van der Waals surface area contributed by atoms with Gasteiger partial charge in [-0.05, 0) is 38.3 Å². The Kier molecular flexibility index (Phi) is 7.09. The maximum Gasteiger partial charge on any atom is 0.191 e. The predicted octanol–water partition coefficient (Wildman–Crippen LogP) is 2.70. The first-order valence-corrected chi connectivity index (χ1v) is 8.19. The van der Waals surface area contributed by atoms with Crippen molar-refractivity contribution >= 4 is 29.9 Å². The third-order valence-corrected chi connectivity index (χ3v) is 4.37. The van der Waals surface area contributed by atoms with Crippen molar-refractivity contribution < 1.29 is 13.9 Å². The van der Waals surface area contributed by atoms with Gasteiger partial charge in [0.2, 0.25) is 0 Å². The van der Waals surface area contributed by atoms with Gasteiger partial charge in [-0.25, -0.2) is 4.39 Å². The molecule has 0 aromatic heterocycles. The van der Waals surface area contributed by atoms with Crippen LogP contribution in [0.4, 0.5) is 4.39 Å². The normalized spacial score (nSPS) is 26.6. The van der Waals surface area contributed by atoms with Crippen molar-refractivity contribution in [2.24, 2.45) is 4.99 Å². The molecular formula is C17H25FIN3O2. The fourth-order valence-electron chi connectivity index (χ4n) is 3.20. The fraction of sp³-hybridized carbons (Fsp3) is 0.588. The van der Waals surface area contributed by atoms with Crippen LogP contribution in [0.1, 0.15) is 26.2 Å². The lowest BCUT2D eigenvalue weighted by molar-refractivity contribution is 0.0992. The van der Waals surface area contributed by atoms with Crippen LogP contribution in [-0.2, 0) is 4.74 Å². The van der Waals surface area contributed by atoms with Gasteiger partial charge in [-0.3, -0.25) is 4.99 Å². The minimum absolute atomic E-state index is 0. The number of hydrogen-bond donors (Lipinski definition) is 2. The molecule has 134 valence electrons. The summed E-state index contributed by atoms with van der Waals surface area (Å²) >= 11 is 0. The molecule has 7 heteroatoms. The van der Waals surface area contributed by atoms with Gasteiger partial charge in [-0.1, -0.05) is 12.1 Å². The standard InChI is InChI=1S/C17H24FN3O2.HI/c1-11(22-15-6-4-3-5-13(15)18)10-20-17(19-2)21-14-9-12-7-8-16(14)23-12;/h3-6,11-12,14,16H,7-10H2,1-2H3,(H2,19,20,21);1H. The van der Waals surface area contributed by atoms with Crippen molar-refractivity contribution in [3.63, 3.8) is 0 Å². The molecule has 0 aliphatic carbocycles. The van der Waals surface area contributed by atoms with Gasteiger partial charge in [0.25, 0.3) is 0 Å². The predicted molar refractivity (Wildman–Crippen MR) is 103 cm³/mol. The summed E-state index contributed by atoms with van der Waals surface area (Å²) in [7, 11) is 1.74. The van der Waals surface area contributed by atoms with Gasteiger partial charge >= 0.3 is 0 Å². The highest BCUT2D eigenvalue weighted by Gasteiger charge is 2.41. The van der Waals surface area contributed by atoms with E-state index in [1.165, 1.54) is 12.5 Å². The number of aliphatic imine (C=N–C) groups is 1. The lowest BCUT2D eigenvalue weighted by atomic mass is 9.96. The topological polar surface area (TPSA) is 54.9 Å². The summed E-state index contributed by atoms with van der Waals surface area (Å²) in [5, 5.41) is 6.64. The number of nitrogens with one attached hydrogen (secondary N) is 2. The van der Waals surface area contributed by atoms with E-state index in [0.717, 1.165) is 18.8 Å². The van der Waals surface area contributed by atoms with Crippen molar-refractivity contribution in [2.75, 3.05) is 13.6 Å². The van der Waals surface area contributed by atoms with Crippen molar-refractivity contribution in [3.8, 4) is 5.75 Å². The van der Waals surface area contributed by atoms with E-state index in [-0.39, 0.29) is 41.6 Å². The summed E-state index contributed by atoms with van der Waals surface area (Å²) in [5.41, 5.74) is 0. The van der Waals surface area contributed by atoms with Crippen LogP contribution in [0, 0.1) is 5.82 Å². The molecule has 0 amide bonds. The second-order valence-electron chi connectivity index (χ2n) is 6.17. The van der Waals surface area contributed by atoms with E-state index in [1.54, 1.807) is 25.2 Å². The molecule has 5 nitrogen and oxygen atoms in total. The highest BCUT2D eigenvalue weighted by atomic mass is 127. The summed E-state index contributed by atoms with van der Waals surface area (Å²) in [6.07, 6.45) is 3.84. The number of rotatable bonds is 5. The van der Waals surface area contributed by atoms with E-state index in [9.17, 15) is 4.39 Å². The molecule has 2 heterocycles. The van der Waals surface area contributed by atoms with Gasteiger partial charge < -0.3 is 20.1 Å². The van der Waals surface area contributed by atoms with Crippen LogP contribution >= 0.6 is 24.0 Å². The Morgan fingerprint density at radius 1 is 1.42 bits per heavy atom. The van der Waals surface area contributed by atoms with Gasteiger partial charge in [0, 0.05) is 7.05 Å². The molecule has 0 saturated carbocycles. The highest BCUT2D eigenvalue weighted by molar-refractivity contribution is 14.0. The summed E-state index contributed by atoms with van der Waals surface area (Å²) in [5.74, 6) is 0.655. The molecule has 2 saturated heterocycles. The van der Waals surface area contributed by atoms with Crippen LogP contribution in [0.25, 0.3) is 0 Å². The maximum absolute atomic E-state index is 13.6. The number of ether oxygens (including phenoxy) is 2. The Labute approximate surface area is 159 Å². The van der Waals surface area contributed by atoms with Crippen LogP contribution in [0.3, 0.4) is 0 Å². The van der Waals surface area contributed by atoms with Gasteiger partial charge in [-0.15, -0.1) is 24.0 Å². The largest absolute Gasteiger partial charge is 0.486 e. The van der Waals surface area contributed by atoms with Gasteiger partial charge in [-0.2, -0.15) is 0 Å². The molecule has 2 aliphatic rings.